The topological polar surface area (TPSA) is 70.9 Å². The monoisotopic (exact) mass is 293 g/mol. The third-order valence-electron chi connectivity index (χ3n) is 5.51. The number of hydrogen-bond acceptors (Lipinski definition) is 4. The number of aryl methyl sites for hydroxylation is 1. The molecule has 5 nitrogen and oxygen atoms in total. The quantitative estimate of drug-likeness (QED) is 0.819. The number of nitrogens with two attached hydrogens (primary N) is 1. The highest BCUT2D eigenvalue weighted by Crippen LogP contribution is 2.46. The maximum absolute atomic E-state index is 9.03. The number of fused-ring (bicyclic) bond motifs is 1. The third kappa shape index (κ3) is 1.96. The fourth-order valence-corrected chi connectivity index (χ4v) is 4.09. The van der Waals surface area contributed by atoms with Gasteiger partial charge in [0.2, 0.25) is 0 Å². The summed E-state index contributed by atoms with van der Waals surface area (Å²) >= 11 is 0. The molecular weight excluding hydrogens is 273 g/mol. The SMILES string of the molecule is Cn1nc(N)c2ccc(N3CC4(CCB(C#N)CC4)C3)cc21. The summed E-state index contributed by atoms with van der Waals surface area (Å²) in [5, 5.41) is 14.3. The first-order chi connectivity index (χ1) is 10.6. The van der Waals surface area contributed by atoms with E-state index in [-0.39, 0.29) is 6.71 Å². The van der Waals surface area contributed by atoms with Crippen molar-refractivity contribution in [3.05, 3.63) is 18.2 Å². The first kappa shape index (κ1) is 13.5. The number of rotatable bonds is 1. The Morgan fingerprint density at radius 1 is 1.32 bits per heavy atom. The van der Waals surface area contributed by atoms with Gasteiger partial charge in [-0.05, 0) is 31.0 Å². The molecule has 2 aliphatic heterocycles. The maximum atomic E-state index is 9.03. The van der Waals surface area contributed by atoms with E-state index in [0.717, 1.165) is 36.6 Å². The first-order valence-electron chi connectivity index (χ1n) is 7.97. The van der Waals surface area contributed by atoms with Crippen LogP contribution in [0.5, 0.6) is 0 Å². The molecule has 2 aliphatic rings. The predicted molar refractivity (Wildman–Crippen MR) is 90.0 cm³/mol. The minimum atomic E-state index is 0.286. The summed E-state index contributed by atoms with van der Waals surface area (Å²) < 4.78 is 1.85. The van der Waals surface area contributed by atoms with Crippen LogP contribution in [0.1, 0.15) is 12.8 Å². The molecule has 2 aromatic rings. The van der Waals surface area contributed by atoms with Gasteiger partial charge in [0.15, 0.2) is 5.82 Å². The Morgan fingerprint density at radius 2 is 2.05 bits per heavy atom. The van der Waals surface area contributed by atoms with Gasteiger partial charge in [-0.3, -0.25) is 4.68 Å². The van der Waals surface area contributed by atoms with Gasteiger partial charge < -0.3 is 10.6 Å². The van der Waals surface area contributed by atoms with Crippen LogP contribution in [-0.2, 0) is 7.05 Å². The van der Waals surface area contributed by atoms with Crippen molar-refractivity contribution in [2.24, 2.45) is 12.5 Å². The van der Waals surface area contributed by atoms with Gasteiger partial charge >= 0.3 is 0 Å². The van der Waals surface area contributed by atoms with Gasteiger partial charge in [-0.2, -0.15) is 5.10 Å². The van der Waals surface area contributed by atoms with E-state index in [2.05, 4.69) is 34.2 Å². The second-order valence-electron chi connectivity index (χ2n) is 6.97. The molecule has 6 heteroatoms. The molecule has 0 atom stereocenters. The van der Waals surface area contributed by atoms with E-state index in [1.54, 1.807) is 0 Å². The average Bonchev–Trinajstić information content (AvgIpc) is 2.79. The molecule has 112 valence electrons. The summed E-state index contributed by atoms with van der Waals surface area (Å²) in [5.74, 6) is 3.02. The summed E-state index contributed by atoms with van der Waals surface area (Å²) in [7, 11) is 1.93. The van der Waals surface area contributed by atoms with Crippen LogP contribution >= 0.6 is 0 Å². The molecule has 3 heterocycles. The number of benzene rings is 1. The van der Waals surface area contributed by atoms with Gasteiger partial charge in [0.1, 0.15) is 0 Å². The lowest BCUT2D eigenvalue weighted by Gasteiger charge is -2.54. The zero-order chi connectivity index (χ0) is 15.3. The van der Waals surface area contributed by atoms with E-state index >= 15 is 0 Å². The molecule has 2 saturated heterocycles. The van der Waals surface area contributed by atoms with E-state index in [9.17, 15) is 0 Å². The van der Waals surface area contributed by atoms with Crippen LogP contribution < -0.4 is 10.6 Å². The summed E-state index contributed by atoms with van der Waals surface area (Å²) in [6.45, 7) is 2.52. The highest BCUT2D eigenvalue weighted by Gasteiger charge is 2.45. The Balaban J connectivity index is 1.51. The fraction of sp³-hybridized carbons (Fsp3) is 0.500. The van der Waals surface area contributed by atoms with Crippen molar-refractivity contribution in [2.75, 3.05) is 23.7 Å². The molecule has 0 saturated carbocycles. The van der Waals surface area contributed by atoms with Gasteiger partial charge in [-0.1, -0.05) is 12.6 Å². The van der Waals surface area contributed by atoms with Crippen molar-refractivity contribution in [1.82, 2.24) is 9.78 Å². The van der Waals surface area contributed by atoms with Gasteiger partial charge in [0.25, 0.3) is 6.71 Å². The second-order valence-corrected chi connectivity index (χ2v) is 6.97. The van der Waals surface area contributed by atoms with E-state index in [1.165, 1.54) is 18.5 Å². The molecule has 0 radical (unpaired) electrons. The van der Waals surface area contributed by atoms with Crippen LogP contribution in [0.4, 0.5) is 11.5 Å². The Labute approximate surface area is 130 Å². The van der Waals surface area contributed by atoms with Crippen LogP contribution in [0.3, 0.4) is 0 Å². The Kier molecular flexibility index (Phi) is 2.87. The number of nitrogens with zero attached hydrogens (tertiary/aromatic N) is 4. The summed E-state index contributed by atoms with van der Waals surface area (Å²) in [6, 6.07) is 6.41. The lowest BCUT2D eigenvalue weighted by atomic mass is 9.39. The Hall–Kier alpha value is -2.16. The first-order valence-corrected chi connectivity index (χ1v) is 7.97. The van der Waals surface area contributed by atoms with E-state index in [1.807, 2.05) is 11.7 Å². The predicted octanol–water partition coefficient (Wildman–Crippen LogP) is 2.31. The van der Waals surface area contributed by atoms with E-state index < -0.39 is 0 Å². The second kappa shape index (κ2) is 4.67. The van der Waals surface area contributed by atoms with Crippen molar-refractivity contribution < 1.29 is 0 Å². The molecule has 0 unspecified atom stereocenters. The average molecular weight is 293 g/mol. The minimum Gasteiger partial charge on any atom is -0.382 e. The molecule has 2 fully saturated rings. The van der Waals surface area contributed by atoms with E-state index in [0.29, 0.717) is 11.2 Å². The molecule has 1 spiro atoms. The van der Waals surface area contributed by atoms with Crippen LogP contribution in [0.15, 0.2) is 18.2 Å². The Morgan fingerprint density at radius 3 is 2.73 bits per heavy atom. The summed E-state index contributed by atoms with van der Waals surface area (Å²) in [6.07, 6.45) is 4.54. The van der Waals surface area contributed by atoms with Crippen molar-refractivity contribution in [3.63, 3.8) is 0 Å². The molecule has 0 amide bonds. The molecule has 1 aromatic heterocycles. The number of nitriles is 1. The van der Waals surface area contributed by atoms with E-state index in [4.69, 9.17) is 11.0 Å². The standard InChI is InChI=1S/C16H20BN5/c1-21-14-8-12(2-3-13(14)15(19)20-21)22-9-16(10-22)4-6-17(11-18)7-5-16/h2-3,8H,4-7,9-10H2,1H3,(H2,19,20). The smallest absolute Gasteiger partial charge is 0.267 e. The van der Waals surface area contributed by atoms with Gasteiger partial charge in [0.05, 0.1) is 5.52 Å². The van der Waals surface area contributed by atoms with Crippen molar-refractivity contribution in [1.29, 1.82) is 5.26 Å². The zero-order valence-corrected chi connectivity index (χ0v) is 12.9. The van der Waals surface area contributed by atoms with Crippen molar-refractivity contribution >= 4 is 29.1 Å². The minimum absolute atomic E-state index is 0.286. The lowest BCUT2D eigenvalue weighted by molar-refractivity contribution is 0.186. The molecule has 22 heavy (non-hydrogen) atoms. The molecule has 4 rings (SSSR count). The number of nitrogen functional groups attached to an aromatic ring is 1. The normalized spacial score (nSPS) is 20.2. The van der Waals surface area contributed by atoms with Crippen LogP contribution in [0.25, 0.3) is 10.9 Å². The van der Waals surface area contributed by atoms with Crippen LogP contribution in [0.2, 0.25) is 12.6 Å². The van der Waals surface area contributed by atoms with Gasteiger partial charge in [-0.25, -0.2) is 5.26 Å². The van der Waals surface area contributed by atoms with Crippen molar-refractivity contribution in [2.45, 2.75) is 25.5 Å². The number of aromatic nitrogens is 2. The maximum Gasteiger partial charge on any atom is 0.267 e. The highest BCUT2D eigenvalue weighted by atomic mass is 15.3. The fourth-order valence-electron chi connectivity index (χ4n) is 4.09. The zero-order valence-electron chi connectivity index (χ0n) is 12.9. The molecule has 2 N–H and O–H groups in total. The van der Waals surface area contributed by atoms with Crippen LogP contribution in [-0.4, -0.2) is 29.6 Å². The van der Waals surface area contributed by atoms with Gasteiger partial charge in [-0.15, -0.1) is 0 Å². The highest BCUT2D eigenvalue weighted by molar-refractivity contribution is 6.67. The molecular formula is C16H20BN5. The molecule has 0 aliphatic carbocycles. The molecule has 0 bridgehead atoms. The molecule has 1 aromatic carbocycles. The van der Waals surface area contributed by atoms with Crippen LogP contribution in [0, 0.1) is 16.6 Å². The number of hydrogen-bond donors (Lipinski definition) is 1. The summed E-state index contributed by atoms with van der Waals surface area (Å²) in [5.41, 5.74) is 8.71. The summed E-state index contributed by atoms with van der Waals surface area (Å²) in [4.78, 5) is 2.44. The Bertz CT molecular complexity index is 759. The lowest BCUT2D eigenvalue weighted by Crippen LogP contribution is -2.58. The number of anilines is 2. The third-order valence-corrected chi connectivity index (χ3v) is 5.51. The largest absolute Gasteiger partial charge is 0.382 e. The van der Waals surface area contributed by atoms with Crippen molar-refractivity contribution in [3.8, 4) is 5.97 Å². The van der Waals surface area contributed by atoms with Gasteiger partial charge in [0, 0.05) is 42.6 Å².